The average molecular weight is 542 g/mol. The summed E-state index contributed by atoms with van der Waals surface area (Å²) in [7, 11) is 1.44. The fourth-order valence-electron chi connectivity index (χ4n) is 8.56. The van der Waals surface area contributed by atoms with Crippen molar-refractivity contribution in [2.24, 2.45) is 17.8 Å². The predicted octanol–water partition coefficient (Wildman–Crippen LogP) is 4.36. The largest absolute Gasteiger partial charge is 0.469 e. The van der Waals surface area contributed by atoms with Crippen LogP contribution in [0.3, 0.4) is 0 Å². The quantitative estimate of drug-likeness (QED) is 0.441. The van der Waals surface area contributed by atoms with Gasteiger partial charge in [-0.15, -0.1) is 11.8 Å². The standard InChI is InChI=1S/C30H43N3O4S/c1-37-25(34)17-29(10-5-11-31-18-29)24-9-8-23(28(32-24)38-22-6-3-2-4-7-22)27(35)33-26-20-12-19-13-21(26)16-30(36,14-19)15-20/h8-9,19-22,26,31,36H,2-7,10-18H2,1H3,(H,33,35)/t19?,20?,21?,26-,29-,30+/m0/s1. The number of carbonyl (C=O) groups excluding carboxylic acids is 2. The van der Waals surface area contributed by atoms with Crippen LogP contribution in [0.2, 0.25) is 0 Å². The Morgan fingerprint density at radius 1 is 1.13 bits per heavy atom. The Bertz CT molecular complexity index is 1040. The van der Waals surface area contributed by atoms with Gasteiger partial charge in [0.05, 0.1) is 24.7 Å². The van der Waals surface area contributed by atoms with E-state index in [2.05, 4.69) is 10.6 Å². The van der Waals surface area contributed by atoms with E-state index in [9.17, 15) is 14.7 Å². The van der Waals surface area contributed by atoms with Crippen LogP contribution in [0, 0.1) is 17.8 Å². The molecule has 7 rings (SSSR count). The van der Waals surface area contributed by atoms with Crippen molar-refractivity contribution in [1.29, 1.82) is 0 Å². The van der Waals surface area contributed by atoms with Gasteiger partial charge in [0.2, 0.25) is 0 Å². The molecule has 208 valence electrons. The van der Waals surface area contributed by atoms with Crippen molar-refractivity contribution in [2.45, 2.75) is 111 Å². The summed E-state index contributed by atoms with van der Waals surface area (Å²) in [6, 6.07) is 4.08. The van der Waals surface area contributed by atoms with Gasteiger partial charge in [0, 0.05) is 28.9 Å². The Labute approximate surface area is 230 Å². The van der Waals surface area contributed by atoms with Gasteiger partial charge in [0.1, 0.15) is 5.03 Å². The molecular formula is C30H43N3O4S. The third-order valence-corrected chi connectivity index (χ3v) is 11.5. The van der Waals surface area contributed by atoms with Crippen molar-refractivity contribution in [3.63, 3.8) is 0 Å². The lowest BCUT2D eigenvalue weighted by Crippen LogP contribution is -2.61. The molecule has 1 aromatic rings. The van der Waals surface area contributed by atoms with Gasteiger partial charge >= 0.3 is 5.97 Å². The van der Waals surface area contributed by atoms with Crippen molar-refractivity contribution in [3.05, 3.63) is 23.4 Å². The molecule has 0 radical (unpaired) electrons. The third kappa shape index (κ3) is 5.25. The first kappa shape index (κ1) is 26.6. The lowest BCUT2D eigenvalue weighted by molar-refractivity contribution is -0.142. The van der Waals surface area contributed by atoms with E-state index in [0.717, 1.165) is 75.1 Å². The summed E-state index contributed by atoms with van der Waals surface area (Å²) in [6.45, 7) is 1.62. The number of methoxy groups -OCH3 is 1. The van der Waals surface area contributed by atoms with Gasteiger partial charge in [-0.3, -0.25) is 9.59 Å². The summed E-state index contributed by atoms with van der Waals surface area (Å²) >= 11 is 1.76. The number of hydrogen-bond donors (Lipinski definition) is 3. The highest BCUT2D eigenvalue weighted by Crippen LogP contribution is 2.55. The summed E-state index contributed by atoms with van der Waals surface area (Å²) < 4.78 is 5.07. The number of piperidine rings is 1. The van der Waals surface area contributed by atoms with Gasteiger partial charge in [-0.25, -0.2) is 4.98 Å². The highest BCUT2D eigenvalue weighted by atomic mass is 32.2. The number of carbonyl (C=O) groups is 2. The van der Waals surface area contributed by atoms with E-state index in [4.69, 9.17) is 9.72 Å². The summed E-state index contributed by atoms with van der Waals surface area (Å²) in [5, 5.41) is 19.2. The number of rotatable bonds is 7. The minimum Gasteiger partial charge on any atom is -0.469 e. The van der Waals surface area contributed by atoms with Crippen molar-refractivity contribution in [3.8, 4) is 0 Å². The SMILES string of the molecule is COC(=O)C[C@@]1(c2ccc(C(=O)N[C@H]3C4CC5CC3C[C@@](O)(C5)C4)c(SC3CCCCC3)n2)CCCNC1. The van der Waals surface area contributed by atoms with Crippen LogP contribution in [0.25, 0.3) is 0 Å². The highest BCUT2D eigenvalue weighted by Gasteiger charge is 2.55. The number of thioether (sulfide) groups is 1. The Balaban J connectivity index is 1.28. The molecule has 7 nitrogen and oxygen atoms in total. The van der Waals surface area contributed by atoms with Gasteiger partial charge in [-0.05, 0) is 94.2 Å². The van der Waals surface area contributed by atoms with Crippen LogP contribution in [-0.2, 0) is 14.9 Å². The van der Waals surface area contributed by atoms with Gasteiger partial charge in [0.25, 0.3) is 5.91 Å². The molecule has 4 bridgehead atoms. The molecule has 1 aromatic heterocycles. The molecule has 38 heavy (non-hydrogen) atoms. The number of nitrogens with zero attached hydrogens (tertiary/aromatic N) is 1. The van der Waals surface area contributed by atoms with E-state index in [1.165, 1.54) is 26.4 Å². The van der Waals surface area contributed by atoms with E-state index in [-0.39, 0.29) is 24.3 Å². The first-order chi connectivity index (χ1) is 18.4. The molecule has 1 saturated heterocycles. The number of pyridine rings is 1. The van der Waals surface area contributed by atoms with Crippen LogP contribution in [0.4, 0.5) is 0 Å². The molecule has 3 N–H and O–H groups in total. The number of hydrogen-bond acceptors (Lipinski definition) is 7. The molecule has 8 heteroatoms. The molecule has 1 aliphatic heterocycles. The van der Waals surface area contributed by atoms with Crippen molar-refractivity contribution < 1.29 is 19.4 Å². The van der Waals surface area contributed by atoms with Crippen molar-refractivity contribution >= 4 is 23.6 Å². The second kappa shape index (κ2) is 10.7. The van der Waals surface area contributed by atoms with Crippen LogP contribution in [0.15, 0.2) is 17.2 Å². The number of aliphatic hydroxyl groups is 1. The molecule has 0 spiro atoms. The van der Waals surface area contributed by atoms with Crippen LogP contribution in [0.1, 0.15) is 99.5 Å². The van der Waals surface area contributed by atoms with E-state index < -0.39 is 11.0 Å². The first-order valence-electron chi connectivity index (χ1n) is 14.9. The summed E-state index contributed by atoms with van der Waals surface area (Å²) in [6.07, 6.45) is 13.0. The van der Waals surface area contributed by atoms with Gasteiger partial charge in [0.15, 0.2) is 0 Å². The van der Waals surface area contributed by atoms with E-state index in [0.29, 0.717) is 35.1 Å². The molecular weight excluding hydrogens is 498 g/mol. The zero-order valence-corrected chi connectivity index (χ0v) is 23.5. The number of amides is 1. The predicted molar refractivity (Wildman–Crippen MR) is 147 cm³/mol. The van der Waals surface area contributed by atoms with Crippen molar-refractivity contribution in [2.75, 3.05) is 20.2 Å². The number of ether oxygens (including phenoxy) is 1. The smallest absolute Gasteiger partial charge is 0.306 e. The maximum Gasteiger partial charge on any atom is 0.306 e. The van der Waals surface area contributed by atoms with Crippen LogP contribution >= 0.6 is 11.8 Å². The van der Waals surface area contributed by atoms with E-state index in [1.807, 2.05) is 12.1 Å². The lowest BCUT2D eigenvalue weighted by Gasteiger charge is -2.58. The molecule has 6 aliphatic rings. The Morgan fingerprint density at radius 3 is 2.55 bits per heavy atom. The molecule has 2 unspecified atom stereocenters. The maximum atomic E-state index is 13.9. The highest BCUT2D eigenvalue weighted by molar-refractivity contribution is 7.99. The van der Waals surface area contributed by atoms with Crippen molar-refractivity contribution in [1.82, 2.24) is 15.6 Å². The summed E-state index contributed by atoms with van der Waals surface area (Å²) in [5.74, 6) is 1.10. The normalized spacial score (nSPS) is 36.7. The second-order valence-corrected chi connectivity index (χ2v) is 14.2. The van der Waals surface area contributed by atoms with Crippen LogP contribution in [0.5, 0.6) is 0 Å². The Morgan fingerprint density at radius 2 is 1.89 bits per heavy atom. The van der Waals surface area contributed by atoms with Gasteiger partial charge in [-0.2, -0.15) is 0 Å². The average Bonchev–Trinajstić information content (AvgIpc) is 2.90. The zero-order valence-electron chi connectivity index (χ0n) is 22.7. The number of nitrogens with one attached hydrogen (secondary N) is 2. The van der Waals surface area contributed by atoms with E-state index >= 15 is 0 Å². The molecule has 2 heterocycles. The topological polar surface area (TPSA) is 101 Å². The fourth-order valence-corrected chi connectivity index (χ4v) is 9.89. The Hall–Kier alpha value is -1.64. The molecule has 5 aliphatic carbocycles. The minimum atomic E-state index is -0.509. The molecule has 3 atom stereocenters. The first-order valence-corrected chi connectivity index (χ1v) is 15.7. The fraction of sp³-hybridized carbons (Fsp3) is 0.767. The number of esters is 1. The third-order valence-electron chi connectivity index (χ3n) is 10.2. The number of aromatic nitrogens is 1. The molecule has 0 aromatic carbocycles. The monoisotopic (exact) mass is 541 g/mol. The van der Waals surface area contributed by atoms with Crippen LogP contribution in [-0.4, -0.2) is 59.1 Å². The molecule has 1 amide bonds. The van der Waals surface area contributed by atoms with Gasteiger partial charge < -0.3 is 20.5 Å². The minimum absolute atomic E-state index is 0.0318. The van der Waals surface area contributed by atoms with Gasteiger partial charge in [-0.1, -0.05) is 19.3 Å². The molecule has 6 fully saturated rings. The maximum absolute atomic E-state index is 13.9. The lowest BCUT2D eigenvalue weighted by atomic mass is 9.52. The zero-order chi connectivity index (χ0) is 26.3. The van der Waals surface area contributed by atoms with Crippen LogP contribution < -0.4 is 10.6 Å². The molecule has 5 saturated carbocycles. The summed E-state index contributed by atoms with van der Waals surface area (Å²) in [4.78, 5) is 31.5. The summed E-state index contributed by atoms with van der Waals surface area (Å²) in [5.41, 5.74) is 0.625. The second-order valence-electron chi connectivity index (χ2n) is 12.9. The Kier molecular flexibility index (Phi) is 7.51. The van der Waals surface area contributed by atoms with E-state index in [1.54, 1.807) is 11.8 Å².